The van der Waals surface area contributed by atoms with Gasteiger partial charge in [0.15, 0.2) is 0 Å². The van der Waals surface area contributed by atoms with Crippen molar-refractivity contribution in [3.8, 4) is 0 Å². The molecule has 0 amide bonds. The molecule has 3 aromatic carbocycles. The maximum atomic E-state index is 2.36. The van der Waals surface area contributed by atoms with Crippen molar-refractivity contribution in [1.29, 1.82) is 0 Å². The number of aryl methyl sites for hydroxylation is 1. The van der Waals surface area contributed by atoms with Gasteiger partial charge in [0.1, 0.15) is 0 Å². The second kappa shape index (κ2) is 7.47. The average molecular weight is 372 g/mol. The molecule has 0 saturated carbocycles. The Hall–Kier alpha value is -2.54. The standard InChI is InChI=1S/C27H33N/c1-20-10-8-9-11-25(20)28(23-16-12-21(13-17-23)26(2,3)4)24-18-14-22(15-19-24)27(5,6)7/h8-19H,1-7H3. The van der Waals surface area contributed by atoms with E-state index in [0.29, 0.717) is 0 Å². The van der Waals surface area contributed by atoms with Gasteiger partial charge in [-0.1, -0.05) is 84.0 Å². The van der Waals surface area contributed by atoms with Gasteiger partial charge in [-0.15, -0.1) is 0 Å². The molecule has 0 aliphatic heterocycles. The molecule has 0 radical (unpaired) electrons. The molecule has 0 bridgehead atoms. The van der Waals surface area contributed by atoms with Gasteiger partial charge in [-0.05, 0) is 64.8 Å². The lowest BCUT2D eigenvalue weighted by Crippen LogP contribution is -2.15. The molecule has 0 atom stereocenters. The number of rotatable bonds is 3. The predicted octanol–water partition coefficient (Wildman–Crippen LogP) is 8.06. The summed E-state index contributed by atoms with van der Waals surface area (Å²) in [6.45, 7) is 15.7. The molecule has 0 aromatic heterocycles. The van der Waals surface area contributed by atoms with E-state index in [2.05, 4.69) is 126 Å². The van der Waals surface area contributed by atoms with Crippen LogP contribution in [0.2, 0.25) is 0 Å². The van der Waals surface area contributed by atoms with Gasteiger partial charge in [0, 0.05) is 17.1 Å². The number of para-hydroxylation sites is 1. The third-order valence-electron chi connectivity index (χ3n) is 5.34. The van der Waals surface area contributed by atoms with Crippen molar-refractivity contribution in [2.75, 3.05) is 4.90 Å². The van der Waals surface area contributed by atoms with Gasteiger partial charge in [-0.3, -0.25) is 0 Å². The quantitative estimate of drug-likeness (QED) is 0.450. The monoisotopic (exact) mass is 371 g/mol. The topological polar surface area (TPSA) is 3.24 Å². The lowest BCUT2D eigenvalue weighted by Gasteiger charge is -2.29. The number of anilines is 3. The van der Waals surface area contributed by atoms with Crippen molar-refractivity contribution in [3.63, 3.8) is 0 Å². The van der Waals surface area contributed by atoms with E-state index in [1.54, 1.807) is 0 Å². The van der Waals surface area contributed by atoms with Crippen LogP contribution in [0.3, 0.4) is 0 Å². The SMILES string of the molecule is Cc1ccccc1N(c1ccc(C(C)(C)C)cc1)c1ccc(C(C)(C)C)cc1. The molecule has 146 valence electrons. The van der Waals surface area contributed by atoms with Crippen LogP contribution in [0.5, 0.6) is 0 Å². The average Bonchev–Trinajstić information content (AvgIpc) is 2.63. The summed E-state index contributed by atoms with van der Waals surface area (Å²) < 4.78 is 0. The van der Waals surface area contributed by atoms with E-state index in [1.165, 1.54) is 33.8 Å². The first kappa shape index (κ1) is 20.2. The Balaban J connectivity index is 2.10. The summed E-state index contributed by atoms with van der Waals surface area (Å²) in [6.07, 6.45) is 0. The van der Waals surface area contributed by atoms with Gasteiger partial charge >= 0.3 is 0 Å². The Bertz CT molecular complexity index is 862. The Morgan fingerprint density at radius 3 is 1.29 bits per heavy atom. The van der Waals surface area contributed by atoms with Crippen molar-refractivity contribution >= 4 is 17.1 Å². The van der Waals surface area contributed by atoms with Crippen molar-refractivity contribution < 1.29 is 0 Å². The van der Waals surface area contributed by atoms with Gasteiger partial charge in [0.05, 0.1) is 0 Å². The summed E-state index contributed by atoms with van der Waals surface area (Å²) in [5.74, 6) is 0. The zero-order valence-electron chi connectivity index (χ0n) is 18.4. The summed E-state index contributed by atoms with van der Waals surface area (Å²) in [5, 5.41) is 0. The Kier molecular flexibility index (Phi) is 5.39. The van der Waals surface area contributed by atoms with Crippen LogP contribution in [0.25, 0.3) is 0 Å². The van der Waals surface area contributed by atoms with E-state index in [-0.39, 0.29) is 10.8 Å². The van der Waals surface area contributed by atoms with E-state index < -0.39 is 0 Å². The third kappa shape index (κ3) is 4.30. The van der Waals surface area contributed by atoms with E-state index in [9.17, 15) is 0 Å². The van der Waals surface area contributed by atoms with E-state index in [1.807, 2.05) is 0 Å². The first-order chi connectivity index (χ1) is 13.1. The van der Waals surface area contributed by atoms with Crippen molar-refractivity contribution in [1.82, 2.24) is 0 Å². The lowest BCUT2D eigenvalue weighted by molar-refractivity contribution is 0.590. The second-order valence-corrected chi connectivity index (χ2v) is 9.72. The Morgan fingerprint density at radius 2 is 0.929 bits per heavy atom. The molecule has 0 N–H and O–H groups in total. The molecule has 0 aliphatic rings. The van der Waals surface area contributed by atoms with Crippen LogP contribution in [0.1, 0.15) is 58.2 Å². The van der Waals surface area contributed by atoms with Gasteiger partial charge < -0.3 is 4.90 Å². The third-order valence-corrected chi connectivity index (χ3v) is 5.34. The minimum Gasteiger partial charge on any atom is -0.310 e. The van der Waals surface area contributed by atoms with Crippen LogP contribution in [-0.4, -0.2) is 0 Å². The first-order valence-corrected chi connectivity index (χ1v) is 10.1. The molecule has 3 rings (SSSR count). The van der Waals surface area contributed by atoms with Crippen molar-refractivity contribution in [2.24, 2.45) is 0 Å². The second-order valence-electron chi connectivity index (χ2n) is 9.72. The van der Waals surface area contributed by atoms with Crippen LogP contribution >= 0.6 is 0 Å². The predicted molar refractivity (Wildman–Crippen MR) is 123 cm³/mol. The van der Waals surface area contributed by atoms with E-state index in [0.717, 1.165) is 0 Å². The molecule has 0 fully saturated rings. The zero-order chi connectivity index (χ0) is 20.5. The highest BCUT2D eigenvalue weighted by molar-refractivity contribution is 5.78. The zero-order valence-corrected chi connectivity index (χ0v) is 18.4. The molecule has 1 nitrogen and oxygen atoms in total. The number of hydrogen-bond donors (Lipinski definition) is 0. The maximum Gasteiger partial charge on any atom is 0.0490 e. The summed E-state index contributed by atoms with van der Waals surface area (Å²) in [6, 6.07) is 26.6. The summed E-state index contributed by atoms with van der Waals surface area (Å²) in [5.41, 5.74) is 7.86. The van der Waals surface area contributed by atoms with Crippen molar-refractivity contribution in [3.05, 3.63) is 89.5 Å². The van der Waals surface area contributed by atoms with Crippen LogP contribution in [0.4, 0.5) is 17.1 Å². The smallest absolute Gasteiger partial charge is 0.0490 e. The molecule has 0 aliphatic carbocycles. The molecule has 28 heavy (non-hydrogen) atoms. The van der Waals surface area contributed by atoms with Gasteiger partial charge in [-0.2, -0.15) is 0 Å². The number of nitrogens with zero attached hydrogens (tertiary/aromatic N) is 1. The summed E-state index contributed by atoms with van der Waals surface area (Å²) >= 11 is 0. The largest absolute Gasteiger partial charge is 0.310 e. The minimum atomic E-state index is 0.153. The molecule has 0 unspecified atom stereocenters. The van der Waals surface area contributed by atoms with Crippen LogP contribution < -0.4 is 4.90 Å². The van der Waals surface area contributed by atoms with Crippen LogP contribution in [0, 0.1) is 6.92 Å². The Labute approximate surface area is 171 Å². The lowest BCUT2D eigenvalue weighted by atomic mass is 9.86. The highest BCUT2D eigenvalue weighted by Crippen LogP contribution is 2.38. The van der Waals surface area contributed by atoms with Gasteiger partial charge in [-0.25, -0.2) is 0 Å². The first-order valence-electron chi connectivity index (χ1n) is 10.1. The minimum absolute atomic E-state index is 0.153. The normalized spacial score (nSPS) is 12.1. The fourth-order valence-electron chi connectivity index (χ4n) is 3.46. The summed E-state index contributed by atoms with van der Waals surface area (Å²) in [7, 11) is 0. The highest BCUT2D eigenvalue weighted by Gasteiger charge is 2.18. The molecule has 0 heterocycles. The van der Waals surface area contributed by atoms with E-state index in [4.69, 9.17) is 0 Å². The highest BCUT2D eigenvalue weighted by atomic mass is 15.1. The number of hydrogen-bond acceptors (Lipinski definition) is 1. The Morgan fingerprint density at radius 1 is 0.536 bits per heavy atom. The number of benzene rings is 3. The molecular formula is C27H33N. The fraction of sp³-hybridized carbons (Fsp3) is 0.333. The molecule has 1 heteroatoms. The summed E-state index contributed by atoms with van der Waals surface area (Å²) in [4.78, 5) is 2.36. The maximum absolute atomic E-state index is 2.36. The molecule has 3 aromatic rings. The van der Waals surface area contributed by atoms with Crippen LogP contribution in [-0.2, 0) is 10.8 Å². The van der Waals surface area contributed by atoms with Crippen LogP contribution in [0.15, 0.2) is 72.8 Å². The van der Waals surface area contributed by atoms with Crippen molar-refractivity contribution in [2.45, 2.75) is 59.3 Å². The molecular weight excluding hydrogens is 338 g/mol. The van der Waals surface area contributed by atoms with Gasteiger partial charge in [0.2, 0.25) is 0 Å². The molecule has 0 saturated heterocycles. The van der Waals surface area contributed by atoms with Gasteiger partial charge in [0.25, 0.3) is 0 Å². The molecule has 0 spiro atoms. The van der Waals surface area contributed by atoms with E-state index >= 15 is 0 Å². The fourth-order valence-corrected chi connectivity index (χ4v) is 3.46.